The molecule has 0 saturated heterocycles. The summed E-state index contributed by atoms with van der Waals surface area (Å²) < 4.78 is 22.7. The Morgan fingerprint density at radius 1 is 1.04 bits per heavy atom. The molecule has 0 aromatic heterocycles. The molecule has 0 amide bonds. The molecule has 138 valence electrons. The third-order valence-corrected chi connectivity index (χ3v) is 6.86. The molecular weight excluding hydrogens is 318 g/mol. The second kappa shape index (κ2) is 12.5. The average molecular weight is 354 g/mol. The molecule has 0 spiro atoms. The number of hydrogen-bond acceptors (Lipinski definition) is 3. The van der Waals surface area contributed by atoms with Gasteiger partial charge >= 0.3 is 0 Å². The molecule has 0 heterocycles. The van der Waals surface area contributed by atoms with E-state index in [1.807, 2.05) is 0 Å². The Hall–Kier alpha value is -0.820. The molecule has 0 fully saturated rings. The quantitative estimate of drug-likeness (QED) is 0.321. The predicted octanol–water partition coefficient (Wildman–Crippen LogP) is 5.57. The van der Waals surface area contributed by atoms with E-state index in [2.05, 4.69) is 12.1 Å². The highest BCUT2D eigenvalue weighted by Crippen LogP contribution is 2.27. The molecule has 1 rings (SSSR count). The molecule has 1 aliphatic carbocycles. The molecule has 1 unspecified atom stereocenters. The van der Waals surface area contributed by atoms with E-state index in [4.69, 9.17) is 0 Å². The van der Waals surface area contributed by atoms with Gasteiger partial charge in [0.1, 0.15) is 9.84 Å². The zero-order valence-electron chi connectivity index (χ0n) is 15.4. The van der Waals surface area contributed by atoms with Crippen LogP contribution in [0.25, 0.3) is 0 Å². The lowest BCUT2D eigenvalue weighted by molar-refractivity contribution is 0.528. The third-order valence-electron chi connectivity index (χ3n) is 5.07. The molecule has 0 radical (unpaired) electrons. The van der Waals surface area contributed by atoms with Crippen LogP contribution in [0.3, 0.4) is 0 Å². The molecule has 4 heteroatoms. The van der Waals surface area contributed by atoms with Crippen molar-refractivity contribution in [3.8, 4) is 6.07 Å². The minimum atomic E-state index is -2.78. The molecule has 1 atom stereocenters. The van der Waals surface area contributed by atoms with Crippen LogP contribution in [0.1, 0.15) is 90.4 Å². The van der Waals surface area contributed by atoms with E-state index in [-0.39, 0.29) is 11.7 Å². The topological polar surface area (TPSA) is 57.9 Å². The third kappa shape index (κ3) is 9.47. The first-order chi connectivity index (χ1) is 11.6. The number of hydrogen-bond donors (Lipinski definition) is 0. The first-order valence-electron chi connectivity index (χ1n) is 9.88. The second-order valence-electron chi connectivity index (χ2n) is 7.06. The number of nitrogens with zero attached hydrogens (tertiary/aromatic N) is 1. The summed E-state index contributed by atoms with van der Waals surface area (Å²) in [5, 5.41) is 9.34. The first-order valence-corrected chi connectivity index (χ1v) is 11.7. The van der Waals surface area contributed by atoms with E-state index in [0.717, 1.165) is 44.9 Å². The average Bonchev–Trinajstić information content (AvgIpc) is 2.60. The van der Waals surface area contributed by atoms with Crippen LogP contribution in [0.15, 0.2) is 11.6 Å². The number of unbranched alkanes of at least 4 members (excludes halogenated alkanes) is 7. The number of allylic oxidation sites excluding steroid dienone is 2. The van der Waals surface area contributed by atoms with Crippen molar-refractivity contribution < 1.29 is 8.42 Å². The Bertz CT molecular complexity index is 502. The maximum absolute atomic E-state index is 11.4. The van der Waals surface area contributed by atoms with Crippen LogP contribution in [0.5, 0.6) is 0 Å². The maximum Gasteiger partial charge on any atom is 0.150 e. The van der Waals surface area contributed by atoms with Crippen molar-refractivity contribution in [2.24, 2.45) is 5.92 Å². The lowest BCUT2D eigenvalue weighted by atomic mass is 9.87. The van der Waals surface area contributed by atoms with Gasteiger partial charge in [0.2, 0.25) is 0 Å². The van der Waals surface area contributed by atoms with Gasteiger partial charge in [0.05, 0.1) is 17.7 Å². The van der Waals surface area contributed by atoms with Gasteiger partial charge in [-0.3, -0.25) is 0 Å². The molecule has 0 aliphatic heterocycles. The van der Waals surface area contributed by atoms with Crippen LogP contribution in [-0.2, 0) is 9.84 Å². The Morgan fingerprint density at radius 2 is 1.67 bits per heavy atom. The van der Waals surface area contributed by atoms with E-state index >= 15 is 0 Å². The Balaban J connectivity index is 1.96. The molecule has 3 nitrogen and oxygen atoms in total. The van der Waals surface area contributed by atoms with Gasteiger partial charge in [-0.2, -0.15) is 5.26 Å². The summed E-state index contributed by atoms with van der Waals surface area (Å²) in [6.45, 7) is 1.72. The van der Waals surface area contributed by atoms with Crippen LogP contribution in [0.4, 0.5) is 0 Å². The molecule has 0 saturated carbocycles. The standard InChI is InChI=1S/C20H35NO2S/c1-2-24(22,23)17-13-8-6-4-3-5-7-10-16-20(18-21)19-14-11-9-12-15-19/h14,20H,2-13,15-17H2,1H3. The van der Waals surface area contributed by atoms with Gasteiger partial charge in [-0.25, -0.2) is 8.42 Å². The van der Waals surface area contributed by atoms with Crippen LogP contribution in [-0.4, -0.2) is 19.9 Å². The van der Waals surface area contributed by atoms with Crippen LogP contribution >= 0.6 is 0 Å². The van der Waals surface area contributed by atoms with Crippen molar-refractivity contribution in [1.82, 2.24) is 0 Å². The predicted molar refractivity (Wildman–Crippen MR) is 102 cm³/mol. The summed E-state index contributed by atoms with van der Waals surface area (Å²) in [6.07, 6.45) is 17.2. The van der Waals surface area contributed by atoms with Gasteiger partial charge in [0.25, 0.3) is 0 Å². The lowest BCUT2D eigenvalue weighted by Crippen LogP contribution is -2.08. The summed E-state index contributed by atoms with van der Waals surface area (Å²) in [5.74, 6) is 0.786. The highest BCUT2D eigenvalue weighted by molar-refractivity contribution is 7.91. The maximum atomic E-state index is 11.4. The molecule has 0 aromatic carbocycles. The van der Waals surface area contributed by atoms with Crippen molar-refractivity contribution in [1.29, 1.82) is 5.26 Å². The Kier molecular flexibility index (Phi) is 11.1. The fraction of sp³-hybridized carbons (Fsp3) is 0.850. The van der Waals surface area contributed by atoms with Gasteiger partial charge in [-0.1, -0.05) is 63.5 Å². The van der Waals surface area contributed by atoms with E-state index < -0.39 is 9.84 Å². The molecule has 0 N–H and O–H groups in total. The second-order valence-corrected chi connectivity index (χ2v) is 9.53. The van der Waals surface area contributed by atoms with E-state index in [1.165, 1.54) is 44.1 Å². The number of rotatable bonds is 13. The Morgan fingerprint density at radius 3 is 2.21 bits per heavy atom. The zero-order chi connectivity index (χ0) is 17.7. The fourth-order valence-electron chi connectivity index (χ4n) is 3.39. The largest absolute Gasteiger partial charge is 0.229 e. The summed E-state index contributed by atoms with van der Waals surface area (Å²) in [6, 6.07) is 2.50. The highest BCUT2D eigenvalue weighted by atomic mass is 32.2. The summed E-state index contributed by atoms with van der Waals surface area (Å²) in [5.41, 5.74) is 1.39. The van der Waals surface area contributed by atoms with E-state index in [1.54, 1.807) is 6.92 Å². The first kappa shape index (κ1) is 21.2. The van der Waals surface area contributed by atoms with E-state index in [9.17, 15) is 13.7 Å². The molecule has 24 heavy (non-hydrogen) atoms. The SMILES string of the molecule is CCS(=O)(=O)CCCCCCCCCCC(C#N)C1=CCCCC1. The van der Waals surface area contributed by atoms with Crippen LogP contribution in [0, 0.1) is 17.2 Å². The molecule has 1 aliphatic rings. The van der Waals surface area contributed by atoms with Crippen molar-refractivity contribution in [2.45, 2.75) is 90.4 Å². The van der Waals surface area contributed by atoms with Crippen molar-refractivity contribution >= 4 is 9.84 Å². The lowest BCUT2D eigenvalue weighted by Gasteiger charge is -2.17. The van der Waals surface area contributed by atoms with Crippen LogP contribution < -0.4 is 0 Å². The molecular formula is C20H35NO2S. The number of nitriles is 1. The van der Waals surface area contributed by atoms with Gasteiger partial charge in [-0.15, -0.1) is 0 Å². The summed E-state index contributed by atoms with van der Waals surface area (Å²) in [7, 11) is -2.78. The van der Waals surface area contributed by atoms with Crippen molar-refractivity contribution in [2.75, 3.05) is 11.5 Å². The van der Waals surface area contributed by atoms with Gasteiger partial charge in [-0.05, 0) is 38.5 Å². The smallest absolute Gasteiger partial charge is 0.150 e. The van der Waals surface area contributed by atoms with Gasteiger partial charge in [0, 0.05) is 5.75 Å². The monoisotopic (exact) mass is 353 g/mol. The number of sulfone groups is 1. The van der Waals surface area contributed by atoms with Gasteiger partial charge in [0.15, 0.2) is 0 Å². The van der Waals surface area contributed by atoms with Crippen LogP contribution in [0.2, 0.25) is 0 Å². The van der Waals surface area contributed by atoms with E-state index in [0.29, 0.717) is 5.75 Å². The molecule has 0 bridgehead atoms. The Labute approximate surface area is 149 Å². The molecule has 0 aromatic rings. The summed E-state index contributed by atoms with van der Waals surface area (Å²) >= 11 is 0. The minimum absolute atomic E-state index is 0.158. The highest BCUT2D eigenvalue weighted by Gasteiger charge is 2.15. The normalized spacial score (nSPS) is 16.4. The van der Waals surface area contributed by atoms with Gasteiger partial charge < -0.3 is 0 Å². The van der Waals surface area contributed by atoms with Crippen molar-refractivity contribution in [3.05, 3.63) is 11.6 Å². The fourth-order valence-corrected chi connectivity index (χ4v) is 4.32. The zero-order valence-corrected chi connectivity index (χ0v) is 16.2. The minimum Gasteiger partial charge on any atom is -0.229 e. The van der Waals surface area contributed by atoms with Crippen molar-refractivity contribution in [3.63, 3.8) is 0 Å². The summed E-state index contributed by atoms with van der Waals surface area (Å²) in [4.78, 5) is 0.